The minimum absolute atomic E-state index is 0. The first-order chi connectivity index (χ1) is 7.97. The molecule has 2 aliphatic rings. The molecule has 108 valence electrons. The summed E-state index contributed by atoms with van der Waals surface area (Å²) in [5.41, 5.74) is 0.346. The highest BCUT2D eigenvalue weighted by Crippen LogP contribution is 2.20. The summed E-state index contributed by atoms with van der Waals surface area (Å²) in [4.78, 5) is 7.82. The van der Waals surface area contributed by atoms with Gasteiger partial charge in [0, 0.05) is 37.8 Å². The van der Waals surface area contributed by atoms with Gasteiger partial charge in [-0.2, -0.15) is 0 Å². The summed E-state index contributed by atoms with van der Waals surface area (Å²) in [5, 5.41) is 0. The van der Waals surface area contributed by atoms with Crippen molar-refractivity contribution >= 4 is 0 Å². The van der Waals surface area contributed by atoms with Gasteiger partial charge in [0.1, 0.15) is 0 Å². The molecule has 2 fully saturated rings. The first kappa shape index (κ1) is 15.9. The zero-order valence-corrected chi connectivity index (χ0v) is 12.1. The van der Waals surface area contributed by atoms with Gasteiger partial charge in [-0.05, 0) is 53.8 Å². The van der Waals surface area contributed by atoms with Crippen molar-refractivity contribution in [2.45, 2.75) is 52.6 Å². The summed E-state index contributed by atoms with van der Waals surface area (Å²) < 4.78 is 0. The molecule has 2 aliphatic heterocycles. The lowest BCUT2D eigenvalue weighted by atomic mass is 10.0. The second-order valence-corrected chi connectivity index (χ2v) is 6.73. The molecule has 0 aromatic rings. The van der Waals surface area contributed by atoms with E-state index in [2.05, 4.69) is 42.5 Å². The minimum Gasteiger partial charge on any atom is -0.306 e. The fourth-order valence-corrected chi connectivity index (χ4v) is 3.12. The smallest absolute Gasteiger partial charge is 0.0126 e. The molecule has 0 unspecified atom stereocenters. The third-order valence-electron chi connectivity index (χ3n) is 4.47. The topological polar surface area (TPSA) is 9.72 Å². The van der Waals surface area contributed by atoms with Gasteiger partial charge >= 0.3 is 0 Å². The van der Waals surface area contributed by atoms with Crippen LogP contribution in [0.3, 0.4) is 0 Å². The molecule has 0 bridgehead atoms. The summed E-state index contributed by atoms with van der Waals surface area (Å²) in [5.74, 6) is 0. The standard InChI is InChI=1S/C14H29N3.CH4/c1-14(2,3)17-11-9-16(10-12-17)13-5-7-15(4)8-6-13;/h13H,5-12H2,1-4H3;1H4. The van der Waals surface area contributed by atoms with Crippen molar-refractivity contribution in [3.63, 3.8) is 0 Å². The maximum absolute atomic E-state index is 2.73. The number of rotatable bonds is 1. The summed E-state index contributed by atoms with van der Waals surface area (Å²) in [6, 6.07) is 0.855. The Labute approximate surface area is 114 Å². The molecule has 0 aromatic carbocycles. The van der Waals surface area contributed by atoms with Crippen LogP contribution >= 0.6 is 0 Å². The van der Waals surface area contributed by atoms with Crippen LogP contribution < -0.4 is 0 Å². The van der Waals surface area contributed by atoms with E-state index in [1.165, 1.54) is 52.1 Å². The highest BCUT2D eigenvalue weighted by Gasteiger charge is 2.30. The van der Waals surface area contributed by atoms with Gasteiger partial charge < -0.3 is 4.90 Å². The first-order valence-corrected chi connectivity index (χ1v) is 7.14. The van der Waals surface area contributed by atoms with E-state index >= 15 is 0 Å². The van der Waals surface area contributed by atoms with Crippen LogP contribution in [0, 0.1) is 0 Å². The summed E-state index contributed by atoms with van der Waals surface area (Å²) in [6.07, 6.45) is 2.73. The average molecular weight is 255 g/mol. The van der Waals surface area contributed by atoms with Gasteiger partial charge in [-0.3, -0.25) is 9.80 Å². The molecule has 2 heterocycles. The monoisotopic (exact) mass is 255 g/mol. The lowest BCUT2D eigenvalue weighted by Gasteiger charge is -2.46. The van der Waals surface area contributed by atoms with Crippen LogP contribution in [0.5, 0.6) is 0 Å². The highest BCUT2D eigenvalue weighted by molar-refractivity contribution is 4.86. The molecule has 3 heteroatoms. The molecule has 0 N–H and O–H groups in total. The number of hydrogen-bond acceptors (Lipinski definition) is 3. The lowest BCUT2D eigenvalue weighted by molar-refractivity contribution is 0.0264. The van der Waals surface area contributed by atoms with E-state index in [4.69, 9.17) is 0 Å². The number of piperazine rings is 1. The molecule has 3 nitrogen and oxygen atoms in total. The Kier molecular flexibility index (Phi) is 5.63. The first-order valence-electron chi connectivity index (χ1n) is 7.14. The van der Waals surface area contributed by atoms with Crippen LogP contribution in [0.25, 0.3) is 0 Å². The molecule has 2 saturated heterocycles. The lowest BCUT2D eigenvalue weighted by Crippen LogP contribution is -2.56. The van der Waals surface area contributed by atoms with Crippen molar-refractivity contribution in [3.05, 3.63) is 0 Å². The Morgan fingerprint density at radius 3 is 1.78 bits per heavy atom. The predicted molar refractivity (Wildman–Crippen MR) is 80.1 cm³/mol. The minimum atomic E-state index is 0. The van der Waals surface area contributed by atoms with Crippen molar-refractivity contribution in [1.82, 2.24) is 14.7 Å². The third-order valence-corrected chi connectivity index (χ3v) is 4.47. The summed E-state index contributed by atoms with van der Waals surface area (Å²) >= 11 is 0. The molecular formula is C15H33N3. The van der Waals surface area contributed by atoms with Gasteiger partial charge in [-0.15, -0.1) is 0 Å². The van der Waals surface area contributed by atoms with E-state index in [0.717, 1.165) is 6.04 Å². The molecule has 0 atom stereocenters. The van der Waals surface area contributed by atoms with E-state index in [9.17, 15) is 0 Å². The van der Waals surface area contributed by atoms with Crippen LogP contribution in [0.15, 0.2) is 0 Å². The van der Waals surface area contributed by atoms with Crippen LogP contribution in [0.2, 0.25) is 0 Å². The van der Waals surface area contributed by atoms with Crippen LogP contribution in [-0.4, -0.2) is 72.6 Å². The zero-order valence-electron chi connectivity index (χ0n) is 12.1. The van der Waals surface area contributed by atoms with Gasteiger partial charge in [-0.1, -0.05) is 7.43 Å². The SMILES string of the molecule is C.CN1CCC(N2CCN(C(C)(C)C)CC2)CC1. The largest absolute Gasteiger partial charge is 0.306 e. The maximum Gasteiger partial charge on any atom is 0.0126 e. The van der Waals surface area contributed by atoms with Crippen LogP contribution in [0.4, 0.5) is 0 Å². The number of piperidine rings is 1. The van der Waals surface area contributed by atoms with Gasteiger partial charge in [-0.25, -0.2) is 0 Å². The van der Waals surface area contributed by atoms with Crippen molar-refractivity contribution in [2.75, 3.05) is 46.3 Å². The third kappa shape index (κ3) is 3.94. The molecule has 0 spiro atoms. The molecule has 2 rings (SSSR count). The number of nitrogens with zero attached hydrogens (tertiary/aromatic N) is 3. The fraction of sp³-hybridized carbons (Fsp3) is 1.00. The second-order valence-electron chi connectivity index (χ2n) is 6.73. The van der Waals surface area contributed by atoms with E-state index in [1.807, 2.05) is 0 Å². The maximum atomic E-state index is 2.73. The Hall–Kier alpha value is -0.120. The second kappa shape index (κ2) is 6.36. The van der Waals surface area contributed by atoms with Gasteiger partial charge in [0.05, 0.1) is 0 Å². The molecule has 0 aromatic heterocycles. The molecule has 18 heavy (non-hydrogen) atoms. The van der Waals surface area contributed by atoms with E-state index < -0.39 is 0 Å². The van der Waals surface area contributed by atoms with Crippen molar-refractivity contribution < 1.29 is 0 Å². The Morgan fingerprint density at radius 1 is 0.833 bits per heavy atom. The predicted octanol–water partition coefficient (Wildman–Crippen LogP) is 2.13. The van der Waals surface area contributed by atoms with Crippen LogP contribution in [-0.2, 0) is 0 Å². The molecule has 0 saturated carbocycles. The van der Waals surface area contributed by atoms with E-state index in [-0.39, 0.29) is 7.43 Å². The van der Waals surface area contributed by atoms with Crippen molar-refractivity contribution in [1.29, 1.82) is 0 Å². The Bertz CT molecular complexity index is 231. The normalized spacial score (nSPS) is 26.0. The molecule has 0 amide bonds. The van der Waals surface area contributed by atoms with Crippen LogP contribution in [0.1, 0.15) is 41.0 Å². The quantitative estimate of drug-likeness (QED) is 0.711. The Morgan fingerprint density at radius 2 is 1.33 bits per heavy atom. The molecule has 0 aliphatic carbocycles. The van der Waals surface area contributed by atoms with Crippen molar-refractivity contribution in [2.24, 2.45) is 0 Å². The van der Waals surface area contributed by atoms with Gasteiger partial charge in [0.2, 0.25) is 0 Å². The van der Waals surface area contributed by atoms with Gasteiger partial charge in [0.15, 0.2) is 0 Å². The van der Waals surface area contributed by atoms with Crippen molar-refractivity contribution in [3.8, 4) is 0 Å². The number of hydrogen-bond donors (Lipinski definition) is 0. The average Bonchev–Trinajstić information content (AvgIpc) is 2.29. The van der Waals surface area contributed by atoms with E-state index in [1.54, 1.807) is 0 Å². The highest BCUT2D eigenvalue weighted by atomic mass is 15.3. The Balaban J connectivity index is 0.00000162. The fourth-order valence-electron chi connectivity index (χ4n) is 3.12. The molecular weight excluding hydrogens is 222 g/mol. The van der Waals surface area contributed by atoms with E-state index in [0.29, 0.717) is 5.54 Å². The molecule has 0 radical (unpaired) electrons. The summed E-state index contributed by atoms with van der Waals surface area (Å²) in [7, 11) is 2.24. The summed E-state index contributed by atoms with van der Waals surface area (Å²) in [6.45, 7) is 14.6. The zero-order chi connectivity index (χ0) is 12.5. The number of likely N-dealkylation sites (tertiary alicyclic amines) is 1. The van der Waals surface area contributed by atoms with Gasteiger partial charge in [0.25, 0.3) is 0 Å².